The first-order chi connectivity index (χ1) is 12.1. The van der Waals surface area contributed by atoms with Crippen LogP contribution >= 0.6 is 0 Å². The molecule has 0 aliphatic heterocycles. The van der Waals surface area contributed by atoms with Crippen molar-refractivity contribution in [2.75, 3.05) is 0 Å². The maximum absolute atomic E-state index is 12.6. The van der Waals surface area contributed by atoms with Gasteiger partial charge in [0.15, 0.2) is 0 Å². The average Bonchev–Trinajstić information content (AvgIpc) is 2.63. The summed E-state index contributed by atoms with van der Waals surface area (Å²) in [5, 5.41) is 3.19. The van der Waals surface area contributed by atoms with E-state index in [-0.39, 0.29) is 11.9 Å². The normalized spacial score (nSPS) is 11.8. The third kappa shape index (κ3) is 4.57. The smallest absolute Gasteiger partial charge is 0.225 e. The van der Waals surface area contributed by atoms with Gasteiger partial charge in [-0.25, -0.2) is 0 Å². The fraction of sp³-hybridized carbons (Fsp3) is 0.174. The van der Waals surface area contributed by atoms with E-state index in [2.05, 4.69) is 48.6 Å². The van der Waals surface area contributed by atoms with E-state index < -0.39 is 0 Å². The molecule has 0 saturated carbocycles. The molecule has 3 aromatic carbocycles. The molecule has 0 saturated heterocycles. The van der Waals surface area contributed by atoms with Crippen LogP contribution in [0.1, 0.15) is 33.9 Å². The number of rotatable bonds is 5. The molecule has 126 valence electrons. The molecule has 0 aliphatic rings. The predicted molar refractivity (Wildman–Crippen MR) is 102 cm³/mol. The van der Waals surface area contributed by atoms with Crippen molar-refractivity contribution in [3.8, 4) is 0 Å². The minimum absolute atomic E-state index is 0.0262. The van der Waals surface area contributed by atoms with Crippen LogP contribution in [0.15, 0.2) is 78.9 Å². The van der Waals surface area contributed by atoms with E-state index in [4.69, 9.17) is 0 Å². The van der Waals surface area contributed by atoms with Gasteiger partial charge in [0, 0.05) is 0 Å². The highest BCUT2D eigenvalue weighted by molar-refractivity contribution is 5.79. The maximum atomic E-state index is 12.6. The molecule has 0 heterocycles. The summed E-state index contributed by atoms with van der Waals surface area (Å²) in [6.07, 6.45) is 0.384. The molecule has 3 rings (SSSR count). The second-order valence-corrected chi connectivity index (χ2v) is 6.48. The number of hydrogen-bond acceptors (Lipinski definition) is 1. The summed E-state index contributed by atoms with van der Waals surface area (Å²) < 4.78 is 0. The highest BCUT2D eigenvalue weighted by Gasteiger charge is 2.16. The summed E-state index contributed by atoms with van der Waals surface area (Å²) in [4.78, 5) is 12.6. The summed E-state index contributed by atoms with van der Waals surface area (Å²) in [5.74, 6) is 0.0262. The Kier molecular flexibility index (Phi) is 5.30. The molecule has 1 atom stereocenters. The number of nitrogens with one attached hydrogen (secondary N) is 1. The zero-order valence-corrected chi connectivity index (χ0v) is 14.7. The van der Waals surface area contributed by atoms with E-state index >= 15 is 0 Å². The zero-order chi connectivity index (χ0) is 17.6. The van der Waals surface area contributed by atoms with Crippen LogP contribution in [0.4, 0.5) is 0 Å². The summed E-state index contributed by atoms with van der Waals surface area (Å²) >= 11 is 0. The molecular formula is C23H23NO. The summed E-state index contributed by atoms with van der Waals surface area (Å²) in [6.45, 7) is 4.12. The number of carbonyl (C=O) groups is 1. The van der Waals surface area contributed by atoms with Gasteiger partial charge in [-0.05, 0) is 30.5 Å². The van der Waals surface area contributed by atoms with Crippen LogP contribution in [-0.2, 0) is 11.2 Å². The second-order valence-electron chi connectivity index (χ2n) is 6.48. The van der Waals surface area contributed by atoms with Crippen LogP contribution < -0.4 is 5.32 Å². The lowest BCUT2D eigenvalue weighted by Crippen LogP contribution is -2.30. The largest absolute Gasteiger partial charge is 0.345 e. The summed E-state index contributed by atoms with van der Waals surface area (Å²) in [7, 11) is 0. The van der Waals surface area contributed by atoms with Gasteiger partial charge in [0.25, 0.3) is 0 Å². The lowest BCUT2D eigenvalue weighted by Gasteiger charge is -2.20. The Morgan fingerprint density at radius 2 is 1.28 bits per heavy atom. The Bertz CT molecular complexity index is 820. The van der Waals surface area contributed by atoms with Gasteiger partial charge in [0.2, 0.25) is 5.91 Å². The van der Waals surface area contributed by atoms with Gasteiger partial charge in [-0.15, -0.1) is 0 Å². The lowest BCUT2D eigenvalue weighted by molar-refractivity contribution is -0.120. The summed E-state index contributed by atoms with van der Waals surface area (Å²) in [6, 6.07) is 26.4. The third-order valence-electron chi connectivity index (χ3n) is 4.33. The molecule has 1 N–H and O–H groups in total. The Morgan fingerprint density at radius 1 is 0.760 bits per heavy atom. The van der Waals surface area contributed by atoms with Crippen LogP contribution in [0, 0.1) is 13.8 Å². The molecule has 1 unspecified atom stereocenters. The van der Waals surface area contributed by atoms with Gasteiger partial charge >= 0.3 is 0 Å². The first kappa shape index (κ1) is 17.0. The zero-order valence-electron chi connectivity index (χ0n) is 14.7. The number of benzene rings is 3. The van der Waals surface area contributed by atoms with Crippen molar-refractivity contribution in [2.45, 2.75) is 26.3 Å². The van der Waals surface area contributed by atoms with Crippen LogP contribution in [0.5, 0.6) is 0 Å². The van der Waals surface area contributed by atoms with Gasteiger partial charge in [0.1, 0.15) is 0 Å². The molecule has 0 aromatic heterocycles. The minimum Gasteiger partial charge on any atom is -0.345 e. The standard InChI is InChI=1S/C23H23NO/c1-17-8-12-19(13-9-17)16-22(25)24-23(20-6-4-3-5-7-20)21-14-10-18(2)11-15-21/h3-15,23H,16H2,1-2H3,(H,24,25). The monoisotopic (exact) mass is 329 g/mol. The molecule has 0 aliphatic carbocycles. The SMILES string of the molecule is Cc1ccc(CC(=O)NC(c2ccccc2)c2ccc(C)cc2)cc1. The lowest BCUT2D eigenvalue weighted by atomic mass is 9.97. The van der Waals surface area contributed by atoms with E-state index in [1.807, 2.05) is 49.4 Å². The van der Waals surface area contributed by atoms with Crippen LogP contribution in [-0.4, -0.2) is 5.91 Å². The Morgan fingerprint density at radius 3 is 1.88 bits per heavy atom. The molecule has 0 fully saturated rings. The van der Waals surface area contributed by atoms with Crippen molar-refractivity contribution in [1.29, 1.82) is 0 Å². The van der Waals surface area contributed by atoms with E-state index in [0.717, 1.165) is 16.7 Å². The van der Waals surface area contributed by atoms with Crippen molar-refractivity contribution >= 4 is 5.91 Å². The fourth-order valence-electron chi connectivity index (χ4n) is 2.87. The van der Waals surface area contributed by atoms with Gasteiger partial charge in [-0.3, -0.25) is 4.79 Å². The van der Waals surface area contributed by atoms with Gasteiger partial charge in [0.05, 0.1) is 12.5 Å². The molecule has 0 bridgehead atoms. The predicted octanol–water partition coefficient (Wildman–Crippen LogP) is 4.75. The number of hydrogen-bond donors (Lipinski definition) is 1. The van der Waals surface area contributed by atoms with Gasteiger partial charge < -0.3 is 5.32 Å². The van der Waals surface area contributed by atoms with Crippen molar-refractivity contribution < 1.29 is 4.79 Å². The first-order valence-corrected chi connectivity index (χ1v) is 8.58. The molecule has 2 heteroatoms. The van der Waals surface area contributed by atoms with Gasteiger partial charge in [-0.2, -0.15) is 0 Å². The van der Waals surface area contributed by atoms with Crippen molar-refractivity contribution in [3.63, 3.8) is 0 Å². The second kappa shape index (κ2) is 7.80. The number of aryl methyl sites for hydroxylation is 2. The Hall–Kier alpha value is -2.87. The Balaban J connectivity index is 1.81. The van der Waals surface area contributed by atoms with Crippen molar-refractivity contribution in [1.82, 2.24) is 5.32 Å². The molecule has 0 radical (unpaired) electrons. The van der Waals surface area contributed by atoms with Crippen molar-refractivity contribution in [3.05, 3.63) is 107 Å². The molecular weight excluding hydrogens is 306 g/mol. The van der Waals surface area contributed by atoms with Crippen LogP contribution in [0.25, 0.3) is 0 Å². The van der Waals surface area contributed by atoms with E-state index in [0.29, 0.717) is 6.42 Å². The van der Waals surface area contributed by atoms with Crippen LogP contribution in [0.2, 0.25) is 0 Å². The quantitative estimate of drug-likeness (QED) is 0.719. The van der Waals surface area contributed by atoms with Gasteiger partial charge in [-0.1, -0.05) is 90.0 Å². The molecule has 2 nitrogen and oxygen atoms in total. The molecule has 1 amide bonds. The molecule has 25 heavy (non-hydrogen) atoms. The van der Waals surface area contributed by atoms with E-state index in [9.17, 15) is 4.79 Å². The third-order valence-corrected chi connectivity index (χ3v) is 4.33. The molecule has 3 aromatic rings. The summed E-state index contributed by atoms with van der Waals surface area (Å²) in [5.41, 5.74) is 5.61. The van der Waals surface area contributed by atoms with Crippen LogP contribution in [0.3, 0.4) is 0 Å². The number of carbonyl (C=O) groups excluding carboxylic acids is 1. The van der Waals surface area contributed by atoms with E-state index in [1.54, 1.807) is 0 Å². The average molecular weight is 329 g/mol. The fourth-order valence-corrected chi connectivity index (χ4v) is 2.87. The maximum Gasteiger partial charge on any atom is 0.225 e. The topological polar surface area (TPSA) is 29.1 Å². The van der Waals surface area contributed by atoms with Crippen molar-refractivity contribution in [2.24, 2.45) is 0 Å². The Labute approximate surface area is 149 Å². The highest BCUT2D eigenvalue weighted by atomic mass is 16.1. The molecule has 0 spiro atoms. The van der Waals surface area contributed by atoms with E-state index in [1.165, 1.54) is 11.1 Å². The first-order valence-electron chi connectivity index (χ1n) is 8.58. The highest BCUT2D eigenvalue weighted by Crippen LogP contribution is 2.22. The minimum atomic E-state index is -0.139. The number of amides is 1.